The lowest BCUT2D eigenvalue weighted by Gasteiger charge is -2.04. The first-order valence-electron chi connectivity index (χ1n) is 6.92. The van der Waals surface area contributed by atoms with Crippen LogP contribution in [0.2, 0.25) is 0 Å². The maximum absolute atomic E-state index is 13.1. The smallest absolute Gasteiger partial charge is 0.291 e. The fourth-order valence-electron chi connectivity index (χ4n) is 1.88. The number of hydrogen-bond donors (Lipinski definition) is 2. The van der Waals surface area contributed by atoms with Gasteiger partial charge in [0.1, 0.15) is 5.82 Å². The first kappa shape index (κ1) is 17.0. The number of carbonyl (C=O) groups excluding carboxylic acids is 1. The highest BCUT2D eigenvalue weighted by atomic mass is 32.2. The zero-order valence-corrected chi connectivity index (χ0v) is 14.1. The van der Waals surface area contributed by atoms with Crippen LogP contribution in [0, 0.1) is 5.82 Å². The molecule has 3 rings (SSSR count). The van der Waals surface area contributed by atoms with Gasteiger partial charge in [-0.3, -0.25) is 14.8 Å². The molecule has 0 fully saturated rings. The van der Waals surface area contributed by atoms with E-state index < -0.39 is 21.7 Å². The van der Waals surface area contributed by atoms with Crippen molar-refractivity contribution in [3.8, 4) is 0 Å². The molecule has 3 aromatic rings. The van der Waals surface area contributed by atoms with Crippen molar-refractivity contribution in [2.45, 2.75) is 4.34 Å². The van der Waals surface area contributed by atoms with Crippen molar-refractivity contribution in [3.05, 3.63) is 66.0 Å². The number of aromatic nitrogens is 2. The van der Waals surface area contributed by atoms with Gasteiger partial charge in [0.2, 0.25) is 5.13 Å². The highest BCUT2D eigenvalue weighted by molar-refractivity contribution is 7.94. The lowest BCUT2D eigenvalue weighted by Crippen LogP contribution is -2.12. The Kier molecular flexibility index (Phi) is 4.72. The summed E-state index contributed by atoms with van der Waals surface area (Å²) in [6, 6.07) is 13.4. The van der Waals surface area contributed by atoms with Crippen LogP contribution in [0.5, 0.6) is 0 Å². The molecule has 25 heavy (non-hydrogen) atoms. The molecule has 0 bridgehead atoms. The average molecular weight is 378 g/mol. The number of anilines is 2. The maximum Gasteiger partial charge on any atom is 0.291 e. The van der Waals surface area contributed by atoms with Gasteiger partial charge in [-0.05, 0) is 30.3 Å². The van der Waals surface area contributed by atoms with Crippen LogP contribution in [0.1, 0.15) is 10.4 Å². The first-order valence-corrected chi connectivity index (χ1v) is 9.22. The van der Waals surface area contributed by atoms with Crippen molar-refractivity contribution >= 4 is 38.1 Å². The number of hydrogen-bond acceptors (Lipinski definition) is 6. The molecule has 0 atom stereocenters. The van der Waals surface area contributed by atoms with Crippen LogP contribution in [0.3, 0.4) is 0 Å². The van der Waals surface area contributed by atoms with E-state index in [-0.39, 0.29) is 15.2 Å². The highest BCUT2D eigenvalue weighted by Crippen LogP contribution is 2.23. The second-order valence-corrected chi connectivity index (χ2v) is 7.64. The summed E-state index contributed by atoms with van der Waals surface area (Å²) in [5, 5.41) is 9.73. The number of amides is 1. The molecule has 10 heteroatoms. The number of nitrogens with one attached hydrogen (secondary N) is 2. The molecule has 128 valence electrons. The van der Waals surface area contributed by atoms with Crippen molar-refractivity contribution in [3.63, 3.8) is 0 Å². The van der Waals surface area contributed by atoms with Crippen LogP contribution in [0.15, 0.2) is 58.9 Å². The molecule has 0 aliphatic heterocycles. The molecule has 1 amide bonds. The van der Waals surface area contributed by atoms with Crippen molar-refractivity contribution in [2.75, 3.05) is 10.0 Å². The van der Waals surface area contributed by atoms with Crippen molar-refractivity contribution in [1.29, 1.82) is 0 Å². The van der Waals surface area contributed by atoms with Gasteiger partial charge in [0.25, 0.3) is 20.3 Å². The molecule has 2 aromatic carbocycles. The van der Waals surface area contributed by atoms with E-state index in [4.69, 9.17) is 0 Å². The molecule has 0 saturated carbocycles. The van der Waals surface area contributed by atoms with Gasteiger partial charge in [0, 0.05) is 5.56 Å². The molecule has 7 nitrogen and oxygen atoms in total. The lowest BCUT2D eigenvalue weighted by molar-refractivity contribution is 0.102. The summed E-state index contributed by atoms with van der Waals surface area (Å²) >= 11 is 0.688. The quantitative estimate of drug-likeness (QED) is 0.665. The number of halogens is 1. The third kappa shape index (κ3) is 4.17. The number of carbonyl (C=O) groups is 1. The minimum atomic E-state index is -4.03. The Hall–Kier alpha value is -2.85. The van der Waals surface area contributed by atoms with Crippen LogP contribution in [-0.4, -0.2) is 24.5 Å². The molecule has 1 heterocycles. The Balaban J connectivity index is 1.75. The monoisotopic (exact) mass is 378 g/mol. The van der Waals surface area contributed by atoms with E-state index in [1.165, 1.54) is 18.2 Å². The fraction of sp³-hybridized carbons (Fsp3) is 0. The summed E-state index contributed by atoms with van der Waals surface area (Å²) in [4.78, 5) is 12.0. The summed E-state index contributed by atoms with van der Waals surface area (Å²) in [5.74, 6) is -1.01. The lowest BCUT2D eigenvalue weighted by atomic mass is 10.2. The third-order valence-corrected chi connectivity index (χ3v) is 5.56. The summed E-state index contributed by atoms with van der Waals surface area (Å²) in [6.07, 6.45) is 0. The maximum atomic E-state index is 13.1. The molecular weight excluding hydrogens is 367 g/mol. The predicted octanol–water partition coefficient (Wildman–Crippen LogP) is 2.73. The second-order valence-electron chi connectivity index (χ2n) is 4.81. The van der Waals surface area contributed by atoms with Crippen LogP contribution in [-0.2, 0) is 10.0 Å². The zero-order valence-electron chi connectivity index (χ0n) is 12.5. The van der Waals surface area contributed by atoms with Gasteiger partial charge in [0.15, 0.2) is 0 Å². The number of rotatable bonds is 5. The molecule has 0 unspecified atom stereocenters. The van der Waals surface area contributed by atoms with Crippen molar-refractivity contribution in [1.82, 2.24) is 10.2 Å². The van der Waals surface area contributed by atoms with Gasteiger partial charge in [-0.25, -0.2) is 4.39 Å². The van der Waals surface area contributed by atoms with Gasteiger partial charge in [-0.15, -0.1) is 10.2 Å². The van der Waals surface area contributed by atoms with E-state index in [1.807, 2.05) is 0 Å². The molecule has 1 aromatic heterocycles. The van der Waals surface area contributed by atoms with Crippen LogP contribution >= 0.6 is 11.3 Å². The van der Waals surface area contributed by atoms with Gasteiger partial charge >= 0.3 is 0 Å². The van der Waals surface area contributed by atoms with Crippen molar-refractivity contribution in [2.24, 2.45) is 0 Å². The van der Waals surface area contributed by atoms with Crippen molar-refractivity contribution < 1.29 is 17.6 Å². The zero-order chi connectivity index (χ0) is 17.9. The van der Waals surface area contributed by atoms with Gasteiger partial charge < -0.3 is 0 Å². The average Bonchev–Trinajstić information content (AvgIpc) is 3.05. The van der Waals surface area contributed by atoms with E-state index in [9.17, 15) is 17.6 Å². The number of sulfonamides is 1. The fourth-order valence-corrected chi connectivity index (χ4v) is 3.82. The Morgan fingerprint density at radius 3 is 2.52 bits per heavy atom. The summed E-state index contributed by atoms with van der Waals surface area (Å²) in [6.45, 7) is 0. The molecular formula is C15H11FN4O3S2. The topological polar surface area (TPSA) is 101 Å². The molecule has 2 N–H and O–H groups in total. The van der Waals surface area contributed by atoms with Crippen LogP contribution in [0.4, 0.5) is 15.2 Å². The van der Waals surface area contributed by atoms with Gasteiger partial charge in [-0.1, -0.05) is 35.6 Å². The third-order valence-electron chi connectivity index (χ3n) is 2.97. The Labute approximate surface area is 146 Å². The van der Waals surface area contributed by atoms with Crippen LogP contribution < -0.4 is 10.0 Å². The van der Waals surface area contributed by atoms with Gasteiger partial charge in [-0.2, -0.15) is 8.42 Å². The molecule has 0 aliphatic rings. The highest BCUT2D eigenvalue weighted by Gasteiger charge is 2.21. The Bertz CT molecular complexity index is 1010. The van der Waals surface area contributed by atoms with Gasteiger partial charge in [0.05, 0.1) is 5.69 Å². The van der Waals surface area contributed by atoms with E-state index in [0.29, 0.717) is 16.9 Å². The first-order chi connectivity index (χ1) is 11.9. The summed E-state index contributed by atoms with van der Waals surface area (Å²) in [7, 11) is -4.03. The molecule has 0 saturated heterocycles. The SMILES string of the molecule is O=C(Nc1nnc(S(=O)(=O)Nc2cccc(F)c2)s1)c1ccccc1. The Morgan fingerprint density at radius 1 is 1.04 bits per heavy atom. The summed E-state index contributed by atoms with van der Waals surface area (Å²) < 4.78 is 39.5. The minimum Gasteiger partial charge on any atom is -0.296 e. The van der Waals surface area contributed by atoms with E-state index in [1.54, 1.807) is 30.3 Å². The van der Waals surface area contributed by atoms with E-state index in [2.05, 4.69) is 20.2 Å². The van der Waals surface area contributed by atoms with Crippen LogP contribution in [0.25, 0.3) is 0 Å². The number of benzene rings is 2. The standard InChI is InChI=1S/C15H11FN4O3S2/c16-11-7-4-8-12(9-11)20-25(22,23)15-19-18-14(24-15)17-13(21)10-5-2-1-3-6-10/h1-9,20H,(H,17,18,21). The second kappa shape index (κ2) is 6.95. The minimum absolute atomic E-state index is 0.0356. The molecule has 0 radical (unpaired) electrons. The number of nitrogens with zero attached hydrogens (tertiary/aromatic N) is 2. The normalized spacial score (nSPS) is 11.1. The molecule has 0 aliphatic carbocycles. The largest absolute Gasteiger partial charge is 0.296 e. The Morgan fingerprint density at radius 2 is 1.80 bits per heavy atom. The van der Waals surface area contributed by atoms with E-state index >= 15 is 0 Å². The predicted molar refractivity (Wildman–Crippen MR) is 91.5 cm³/mol. The van der Waals surface area contributed by atoms with E-state index in [0.717, 1.165) is 6.07 Å². The molecule has 0 spiro atoms. The summed E-state index contributed by atoms with van der Waals surface area (Å²) in [5.41, 5.74) is 0.463.